The van der Waals surface area contributed by atoms with Crippen LogP contribution < -0.4 is 0 Å². The summed E-state index contributed by atoms with van der Waals surface area (Å²) in [7, 11) is 0. The van der Waals surface area contributed by atoms with E-state index >= 15 is 0 Å². The largest absolute Gasteiger partial charge is 0.481 e. The molecule has 2 aromatic rings. The van der Waals surface area contributed by atoms with Crippen molar-refractivity contribution in [2.75, 3.05) is 0 Å². The van der Waals surface area contributed by atoms with Gasteiger partial charge in [0, 0.05) is 6.42 Å². The molecule has 0 amide bonds. The second-order valence-electron chi connectivity index (χ2n) is 5.01. The maximum atomic E-state index is 11.0. The SMILES string of the molecule is O=C(O)CC1(Cc2nn3cnnc3s2)CCCC1. The summed E-state index contributed by atoms with van der Waals surface area (Å²) in [5.41, 5.74) is -0.102. The zero-order valence-electron chi connectivity index (χ0n) is 9.87. The van der Waals surface area contributed by atoms with Gasteiger partial charge in [-0.25, -0.2) is 0 Å². The smallest absolute Gasteiger partial charge is 0.303 e. The van der Waals surface area contributed by atoms with Crippen molar-refractivity contribution in [3.05, 3.63) is 11.3 Å². The van der Waals surface area contributed by atoms with Gasteiger partial charge in [0.2, 0.25) is 4.96 Å². The highest BCUT2D eigenvalue weighted by atomic mass is 32.1. The summed E-state index contributed by atoms with van der Waals surface area (Å²) in [4.78, 5) is 11.8. The maximum absolute atomic E-state index is 11.0. The van der Waals surface area contributed by atoms with E-state index < -0.39 is 5.97 Å². The molecule has 1 aliphatic carbocycles. The predicted molar refractivity (Wildman–Crippen MR) is 65.5 cm³/mol. The van der Waals surface area contributed by atoms with Crippen molar-refractivity contribution in [3.8, 4) is 0 Å². The molecule has 3 rings (SSSR count). The minimum absolute atomic E-state index is 0.102. The molecule has 0 aromatic carbocycles. The monoisotopic (exact) mass is 266 g/mol. The van der Waals surface area contributed by atoms with Gasteiger partial charge in [0.25, 0.3) is 0 Å². The number of aromatic nitrogens is 4. The molecule has 7 heteroatoms. The number of aliphatic carboxylic acids is 1. The third kappa shape index (κ3) is 2.10. The van der Waals surface area contributed by atoms with Crippen LogP contribution in [-0.4, -0.2) is 30.9 Å². The average Bonchev–Trinajstić information content (AvgIpc) is 2.93. The number of hydrogen-bond donors (Lipinski definition) is 1. The summed E-state index contributed by atoms with van der Waals surface area (Å²) in [5.74, 6) is -0.708. The first-order valence-electron chi connectivity index (χ1n) is 6.04. The molecular formula is C11H14N4O2S. The highest BCUT2D eigenvalue weighted by molar-refractivity contribution is 7.16. The third-order valence-corrected chi connectivity index (χ3v) is 4.56. The van der Waals surface area contributed by atoms with Crippen LogP contribution in [0.5, 0.6) is 0 Å². The first-order valence-corrected chi connectivity index (χ1v) is 6.86. The average molecular weight is 266 g/mol. The fraction of sp³-hybridized carbons (Fsp3) is 0.636. The van der Waals surface area contributed by atoms with Gasteiger partial charge >= 0.3 is 5.97 Å². The van der Waals surface area contributed by atoms with E-state index in [4.69, 9.17) is 5.11 Å². The van der Waals surface area contributed by atoms with Gasteiger partial charge in [-0.15, -0.1) is 10.2 Å². The number of fused-ring (bicyclic) bond motifs is 1. The molecule has 1 N–H and O–H groups in total. The van der Waals surface area contributed by atoms with E-state index in [9.17, 15) is 4.79 Å². The van der Waals surface area contributed by atoms with Crippen LogP contribution in [0.15, 0.2) is 6.33 Å². The van der Waals surface area contributed by atoms with Crippen LogP contribution in [0, 0.1) is 5.41 Å². The Balaban J connectivity index is 1.84. The molecule has 0 saturated heterocycles. The summed E-state index contributed by atoms with van der Waals surface area (Å²) in [6.45, 7) is 0. The molecule has 18 heavy (non-hydrogen) atoms. The molecule has 0 bridgehead atoms. The number of hydrogen-bond acceptors (Lipinski definition) is 5. The van der Waals surface area contributed by atoms with Crippen molar-refractivity contribution < 1.29 is 9.90 Å². The fourth-order valence-corrected chi connectivity index (χ4v) is 3.84. The molecule has 0 aliphatic heterocycles. The van der Waals surface area contributed by atoms with Crippen molar-refractivity contribution in [2.24, 2.45) is 5.41 Å². The van der Waals surface area contributed by atoms with Gasteiger partial charge in [0.1, 0.15) is 11.3 Å². The lowest BCUT2D eigenvalue weighted by molar-refractivity contribution is -0.139. The van der Waals surface area contributed by atoms with Gasteiger partial charge in [-0.3, -0.25) is 4.79 Å². The Morgan fingerprint density at radius 1 is 1.50 bits per heavy atom. The topological polar surface area (TPSA) is 80.4 Å². The predicted octanol–water partition coefficient (Wildman–Crippen LogP) is 1.76. The fourth-order valence-electron chi connectivity index (χ4n) is 2.86. The molecule has 1 fully saturated rings. The van der Waals surface area contributed by atoms with E-state index in [0.29, 0.717) is 0 Å². The lowest BCUT2D eigenvalue weighted by Crippen LogP contribution is -2.23. The minimum atomic E-state index is -0.708. The van der Waals surface area contributed by atoms with Gasteiger partial charge in [-0.1, -0.05) is 24.2 Å². The Kier molecular flexibility index (Phi) is 2.77. The van der Waals surface area contributed by atoms with Crippen LogP contribution in [0.2, 0.25) is 0 Å². The van der Waals surface area contributed by atoms with E-state index in [1.165, 1.54) is 11.3 Å². The highest BCUT2D eigenvalue weighted by Crippen LogP contribution is 2.44. The standard InChI is InChI=1S/C11H14N4O2S/c16-9(17)6-11(3-1-2-4-11)5-8-14-15-7-12-13-10(15)18-8/h7H,1-6H2,(H,16,17). The Hall–Kier alpha value is -1.50. The van der Waals surface area contributed by atoms with Crippen molar-refractivity contribution >= 4 is 22.3 Å². The van der Waals surface area contributed by atoms with Crippen molar-refractivity contribution in [3.63, 3.8) is 0 Å². The number of carbonyl (C=O) groups is 1. The molecule has 0 spiro atoms. The highest BCUT2D eigenvalue weighted by Gasteiger charge is 2.37. The van der Waals surface area contributed by atoms with Gasteiger partial charge < -0.3 is 5.11 Å². The molecule has 96 valence electrons. The number of nitrogens with zero attached hydrogens (tertiary/aromatic N) is 4. The molecule has 1 aliphatic rings. The maximum Gasteiger partial charge on any atom is 0.303 e. The second kappa shape index (κ2) is 4.31. The Morgan fingerprint density at radius 3 is 2.94 bits per heavy atom. The summed E-state index contributed by atoms with van der Waals surface area (Å²) in [6.07, 6.45) is 6.78. The van der Waals surface area contributed by atoms with E-state index in [0.717, 1.165) is 42.1 Å². The quantitative estimate of drug-likeness (QED) is 0.912. The molecule has 0 radical (unpaired) electrons. The van der Waals surface area contributed by atoms with E-state index in [2.05, 4.69) is 15.3 Å². The second-order valence-corrected chi connectivity index (χ2v) is 6.05. The van der Waals surface area contributed by atoms with Crippen molar-refractivity contribution in [2.45, 2.75) is 38.5 Å². The number of rotatable bonds is 4. The molecular weight excluding hydrogens is 252 g/mol. The summed E-state index contributed by atoms with van der Waals surface area (Å²) < 4.78 is 1.66. The van der Waals surface area contributed by atoms with Gasteiger partial charge in [-0.05, 0) is 18.3 Å². The van der Waals surface area contributed by atoms with Crippen LogP contribution >= 0.6 is 11.3 Å². The molecule has 0 unspecified atom stereocenters. The van der Waals surface area contributed by atoms with Gasteiger partial charge in [-0.2, -0.15) is 9.61 Å². The van der Waals surface area contributed by atoms with Crippen LogP contribution in [0.1, 0.15) is 37.1 Å². The molecule has 2 heterocycles. The van der Waals surface area contributed by atoms with Crippen molar-refractivity contribution in [1.29, 1.82) is 0 Å². The number of carboxylic acids is 1. The van der Waals surface area contributed by atoms with Crippen LogP contribution in [0.25, 0.3) is 4.96 Å². The van der Waals surface area contributed by atoms with E-state index in [1.54, 1.807) is 10.8 Å². The zero-order chi connectivity index (χ0) is 12.6. The van der Waals surface area contributed by atoms with E-state index in [1.807, 2.05) is 0 Å². The van der Waals surface area contributed by atoms with E-state index in [-0.39, 0.29) is 11.8 Å². The molecule has 2 aromatic heterocycles. The van der Waals surface area contributed by atoms with Gasteiger partial charge in [0.15, 0.2) is 0 Å². The Labute approximate surface area is 108 Å². The zero-order valence-corrected chi connectivity index (χ0v) is 10.7. The normalized spacial score (nSPS) is 18.4. The van der Waals surface area contributed by atoms with Crippen LogP contribution in [0.3, 0.4) is 0 Å². The number of carboxylic acid groups (broad SMARTS) is 1. The molecule has 6 nitrogen and oxygen atoms in total. The Morgan fingerprint density at radius 2 is 2.28 bits per heavy atom. The first kappa shape index (κ1) is 11.6. The lowest BCUT2D eigenvalue weighted by Gasteiger charge is -2.25. The summed E-state index contributed by atoms with van der Waals surface area (Å²) in [6, 6.07) is 0. The third-order valence-electron chi connectivity index (χ3n) is 3.65. The molecule has 1 saturated carbocycles. The summed E-state index contributed by atoms with van der Waals surface area (Å²) in [5, 5.41) is 22.2. The van der Waals surface area contributed by atoms with Crippen LogP contribution in [0.4, 0.5) is 0 Å². The first-order chi connectivity index (χ1) is 8.67. The van der Waals surface area contributed by atoms with Gasteiger partial charge in [0.05, 0.1) is 6.42 Å². The van der Waals surface area contributed by atoms with Crippen LogP contribution in [-0.2, 0) is 11.2 Å². The van der Waals surface area contributed by atoms with Crippen molar-refractivity contribution in [1.82, 2.24) is 19.8 Å². The summed E-state index contributed by atoms with van der Waals surface area (Å²) >= 11 is 1.50. The lowest BCUT2D eigenvalue weighted by atomic mass is 9.80. The molecule has 0 atom stereocenters. The minimum Gasteiger partial charge on any atom is -0.481 e. The Bertz CT molecular complexity index is 542.